The molecule has 0 aliphatic carbocycles. The highest BCUT2D eigenvalue weighted by molar-refractivity contribution is 7.89. The van der Waals surface area contributed by atoms with Gasteiger partial charge in [0.2, 0.25) is 10.0 Å². The third kappa shape index (κ3) is 4.11. The molecule has 126 valence electrons. The summed E-state index contributed by atoms with van der Waals surface area (Å²) in [5, 5.41) is -0.192. The van der Waals surface area contributed by atoms with Gasteiger partial charge in [0, 0.05) is 13.5 Å². The Morgan fingerprint density at radius 3 is 2.65 bits per heavy atom. The van der Waals surface area contributed by atoms with E-state index in [1.165, 1.54) is 19.2 Å². The number of halogens is 2. The molecule has 1 aromatic heterocycles. The molecule has 1 aromatic carbocycles. The molecule has 2 rings (SSSR count). The van der Waals surface area contributed by atoms with E-state index in [4.69, 9.17) is 20.8 Å². The molecule has 1 N–H and O–H groups in total. The van der Waals surface area contributed by atoms with Crippen molar-refractivity contribution in [1.29, 1.82) is 0 Å². The van der Waals surface area contributed by atoms with Crippen LogP contribution in [0.2, 0.25) is 5.02 Å². The monoisotopic (exact) mass is 361 g/mol. The summed E-state index contributed by atoms with van der Waals surface area (Å²) in [5.41, 5.74) is 0. The minimum Gasteiger partial charge on any atom is -0.464 e. The van der Waals surface area contributed by atoms with Crippen LogP contribution >= 0.6 is 11.6 Å². The Kier molecular flexibility index (Phi) is 5.80. The van der Waals surface area contributed by atoms with E-state index >= 15 is 0 Å². The van der Waals surface area contributed by atoms with Gasteiger partial charge in [0.1, 0.15) is 28.3 Å². The van der Waals surface area contributed by atoms with Gasteiger partial charge in [0.25, 0.3) is 0 Å². The summed E-state index contributed by atoms with van der Waals surface area (Å²) in [6, 6.07) is 6.31. The first kappa shape index (κ1) is 17.9. The van der Waals surface area contributed by atoms with Gasteiger partial charge < -0.3 is 9.15 Å². The van der Waals surface area contributed by atoms with Gasteiger partial charge in [-0.25, -0.2) is 12.8 Å². The molecule has 0 aliphatic rings. The van der Waals surface area contributed by atoms with E-state index in [1.54, 1.807) is 12.1 Å². The number of benzene rings is 1. The van der Waals surface area contributed by atoms with Gasteiger partial charge in [-0.3, -0.25) is 0 Å². The van der Waals surface area contributed by atoms with E-state index in [0.29, 0.717) is 17.9 Å². The van der Waals surface area contributed by atoms with Crippen LogP contribution in [0.5, 0.6) is 0 Å². The highest BCUT2D eigenvalue weighted by Gasteiger charge is 2.28. The fourth-order valence-corrected chi connectivity index (χ4v) is 3.89. The van der Waals surface area contributed by atoms with Crippen LogP contribution in [-0.4, -0.2) is 22.1 Å². The van der Waals surface area contributed by atoms with Crippen molar-refractivity contribution in [1.82, 2.24) is 4.72 Å². The molecule has 23 heavy (non-hydrogen) atoms. The number of nitrogens with one attached hydrogen (secondary N) is 1. The summed E-state index contributed by atoms with van der Waals surface area (Å²) in [4.78, 5) is -0.593. The number of aryl methyl sites for hydroxylation is 1. The average molecular weight is 362 g/mol. The standard InChI is InChI=1S/C15H17ClFNO4S/c1-3-10-7-8-14(22-10)13(9-21-2)18-23(19,20)15-11(16)5-4-6-12(15)17/h4-8,13,18H,3,9H2,1-2H3. The minimum absolute atomic E-state index is 0.0297. The first-order valence-electron chi connectivity index (χ1n) is 6.93. The molecule has 1 unspecified atom stereocenters. The second-order valence-electron chi connectivity index (χ2n) is 4.84. The van der Waals surface area contributed by atoms with Crippen molar-refractivity contribution in [3.8, 4) is 0 Å². The van der Waals surface area contributed by atoms with E-state index in [9.17, 15) is 12.8 Å². The number of sulfonamides is 1. The third-order valence-electron chi connectivity index (χ3n) is 3.19. The van der Waals surface area contributed by atoms with E-state index < -0.39 is 26.8 Å². The van der Waals surface area contributed by atoms with Gasteiger partial charge in [0.05, 0.1) is 11.6 Å². The van der Waals surface area contributed by atoms with E-state index in [0.717, 1.165) is 6.07 Å². The largest absolute Gasteiger partial charge is 0.464 e. The molecule has 0 radical (unpaired) electrons. The second-order valence-corrected chi connectivity index (χ2v) is 6.90. The lowest BCUT2D eigenvalue weighted by Crippen LogP contribution is -2.32. The molecule has 5 nitrogen and oxygen atoms in total. The van der Waals surface area contributed by atoms with Gasteiger partial charge in [0.15, 0.2) is 0 Å². The van der Waals surface area contributed by atoms with Gasteiger partial charge in [-0.05, 0) is 24.3 Å². The van der Waals surface area contributed by atoms with Gasteiger partial charge >= 0.3 is 0 Å². The normalized spacial score (nSPS) is 13.2. The Bertz CT molecular complexity index is 755. The van der Waals surface area contributed by atoms with Crippen LogP contribution in [0.15, 0.2) is 39.6 Å². The lowest BCUT2D eigenvalue weighted by molar-refractivity contribution is 0.165. The van der Waals surface area contributed by atoms with Crippen molar-refractivity contribution in [2.24, 2.45) is 0 Å². The van der Waals surface area contributed by atoms with Gasteiger partial charge in [-0.1, -0.05) is 24.6 Å². The minimum atomic E-state index is -4.19. The summed E-state index contributed by atoms with van der Waals surface area (Å²) in [6.45, 7) is 1.94. The van der Waals surface area contributed by atoms with Crippen LogP contribution < -0.4 is 4.72 Å². The van der Waals surface area contributed by atoms with Crippen LogP contribution in [0, 0.1) is 5.82 Å². The number of furan rings is 1. The lowest BCUT2D eigenvalue weighted by atomic mass is 10.2. The zero-order valence-corrected chi connectivity index (χ0v) is 14.2. The molecule has 1 heterocycles. The molecule has 2 aromatic rings. The molecule has 0 fully saturated rings. The Morgan fingerprint density at radius 1 is 1.35 bits per heavy atom. The third-order valence-corrected chi connectivity index (χ3v) is 5.17. The SMILES string of the molecule is CCc1ccc(C(COC)NS(=O)(=O)c2c(F)cccc2Cl)o1. The van der Waals surface area contributed by atoms with Crippen molar-refractivity contribution < 1.29 is 22.0 Å². The lowest BCUT2D eigenvalue weighted by Gasteiger charge is -2.17. The number of methoxy groups -OCH3 is 1. The molecular weight excluding hydrogens is 345 g/mol. The summed E-state index contributed by atoms with van der Waals surface area (Å²) in [7, 11) is -2.75. The fraction of sp³-hybridized carbons (Fsp3) is 0.333. The maximum absolute atomic E-state index is 13.9. The average Bonchev–Trinajstić information content (AvgIpc) is 2.95. The maximum Gasteiger partial charge on any atom is 0.245 e. The van der Waals surface area contributed by atoms with Crippen LogP contribution in [0.1, 0.15) is 24.5 Å². The van der Waals surface area contributed by atoms with Crippen LogP contribution in [0.25, 0.3) is 0 Å². The van der Waals surface area contributed by atoms with Crippen LogP contribution in [-0.2, 0) is 21.2 Å². The quantitative estimate of drug-likeness (QED) is 0.821. The molecule has 0 spiro atoms. The van der Waals surface area contributed by atoms with Gasteiger partial charge in [-0.2, -0.15) is 4.72 Å². The van der Waals surface area contributed by atoms with Crippen molar-refractivity contribution >= 4 is 21.6 Å². The molecule has 0 bridgehead atoms. The molecule has 0 saturated carbocycles. The van der Waals surface area contributed by atoms with Crippen molar-refractivity contribution in [3.05, 3.63) is 52.7 Å². The zero-order valence-electron chi connectivity index (χ0n) is 12.7. The predicted octanol–water partition coefficient (Wildman–Crippen LogP) is 3.30. The highest BCUT2D eigenvalue weighted by atomic mass is 35.5. The van der Waals surface area contributed by atoms with Crippen LogP contribution in [0.4, 0.5) is 4.39 Å². The zero-order chi connectivity index (χ0) is 17.0. The first-order chi connectivity index (χ1) is 10.9. The molecule has 0 amide bonds. The van der Waals surface area contributed by atoms with Crippen LogP contribution in [0.3, 0.4) is 0 Å². The molecular formula is C15H17ClFNO4S. The van der Waals surface area contributed by atoms with Gasteiger partial charge in [-0.15, -0.1) is 0 Å². The summed E-state index contributed by atoms with van der Waals surface area (Å²) in [5.74, 6) is 0.179. The number of rotatable bonds is 7. The Hall–Kier alpha value is -1.41. The van der Waals surface area contributed by atoms with E-state index in [2.05, 4.69) is 4.72 Å². The first-order valence-corrected chi connectivity index (χ1v) is 8.79. The maximum atomic E-state index is 13.9. The molecule has 8 heteroatoms. The number of hydrogen-bond acceptors (Lipinski definition) is 4. The number of hydrogen-bond donors (Lipinski definition) is 1. The summed E-state index contributed by atoms with van der Waals surface area (Å²) < 4.78 is 51.8. The topological polar surface area (TPSA) is 68.5 Å². The van der Waals surface area contributed by atoms with Crippen molar-refractivity contribution in [2.75, 3.05) is 13.7 Å². The highest BCUT2D eigenvalue weighted by Crippen LogP contribution is 2.26. The summed E-state index contributed by atoms with van der Waals surface area (Å²) in [6.07, 6.45) is 0.672. The smallest absolute Gasteiger partial charge is 0.245 e. The molecule has 0 saturated heterocycles. The second kappa shape index (κ2) is 7.44. The Labute approximate surface area is 139 Å². The van der Waals surface area contributed by atoms with Crippen molar-refractivity contribution in [2.45, 2.75) is 24.3 Å². The molecule has 0 aliphatic heterocycles. The summed E-state index contributed by atoms with van der Waals surface area (Å²) >= 11 is 5.83. The van der Waals surface area contributed by atoms with Crippen molar-refractivity contribution in [3.63, 3.8) is 0 Å². The fourth-order valence-electron chi connectivity index (χ4n) is 2.10. The Balaban J connectivity index is 2.35. The van der Waals surface area contributed by atoms with E-state index in [-0.39, 0.29) is 11.6 Å². The van der Waals surface area contributed by atoms with E-state index in [1.807, 2.05) is 6.92 Å². The predicted molar refractivity (Wildman–Crippen MR) is 84.4 cm³/mol. The number of ether oxygens (including phenoxy) is 1. The molecule has 1 atom stereocenters. The Morgan fingerprint density at radius 2 is 2.09 bits per heavy atom.